The second-order valence-corrected chi connectivity index (χ2v) is 5.10. The first-order valence-corrected chi connectivity index (χ1v) is 7.15. The van der Waals surface area contributed by atoms with E-state index in [0.717, 1.165) is 23.5 Å². The minimum absolute atomic E-state index is 0.0887. The zero-order valence-corrected chi connectivity index (χ0v) is 12.1. The first kappa shape index (κ1) is 14.4. The van der Waals surface area contributed by atoms with Gasteiger partial charge in [0.25, 0.3) is 10.9 Å². The van der Waals surface area contributed by atoms with Crippen LogP contribution in [-0.4, -0.2) is 16.5 Å². The molecule has 0 saturated carbocycles. The van der Waals surface area contributed by atoms with E-state index < -0.39 is 0 Å². The maximum Gasteiger partial charge on any atom is 0.269 e. The number of aryl methyl sites for hydroxylation is 1. The van der Waals surface area contributed by atoms with Crippen molar-refractivity contribution >= 4 is 23.1 Å². The van der Waals surface area contributed by atoms with Crippen LogP contribution in [0.25, 0.3) is 0 Å². The minimum Gasteiger partial charge on any atom is -0.440 e. The van der Waals surface area contributed by atoms with Crippen LogP contribution in [0, 0.1) is 17.0 Å². The van der Waals surface area contributed by atoms with Crippen LogP contribution in [0.15, 0.2) is 34.1 Å². The highest BCUT2D eigenvalue weighted by atomic mass is 32.2. The molecule has 0 saturated heterocycles. The van der Waals surface area contributed by atoms with Crippen molar-refractivity contribution in [1.82, 2.24) is 4.98 Å². The predicted octanol–water partition coefficient (Wildman–Crippen LogP) is 3.62. The number of nitro groups is 1. The average Bonchev–Trinajstić information content (AvgIpc) is 2.83. The number of nitrogens with zero attached hydrogens (tertiary/aromatic N) is 2. The van der Waals surface area contributed by atoms with Crippen molar-refractivity contribution in [2.24, 2.45) is 0 Å². The molecule has 0 aliphatic carbocycles. The lowest BCUT2D eigenvalue weighted by atomic mass is 10.2. The first-order valence-electron chi connectivity index (χ1n) is 6.16. The van der Waals surface area contributed by atoms with Gasteiger partial charge < -0.3 is 9.73 Å². The smallest absolute Gasteiger partial charge is 0.269 e. The molecule has 0 fully saturated rings. The standard InChI is InChI=1S/C13H15N3O3S/c1-3-14-12-5-4-11(16(17)18)6-10(12)8-20-13-15-9(2)7-19-13/h4-7,14H,3,8H2,1-2H3. The lowest BCUT2D eigenvalue weighted by Crippen LogP contribution is -2.01. The number of nitro benzene ring substituents is 1. The van der Waals surface area contributed by atoms with Crippen molar-refractivity contribution in [1.29, 1.82) is 0 Å². The third kappa shape index (κ3) is 3.51. The van der Waals surface area contributed by atoms with Crippen LogP contribution in [0.2, 0.25) is 0 Å². The van der Waals surface area contributed by atoms with Gasteiger partial charge in [-0.15, -0.1) is 0 Å². The van der Waals surface area contributed by atoms with E-state index in [1.807, 2.05) is 13.8 Å². The summed E-state index contributed by atoms with van der Waals surface area (Å²) < 4.78 is 5.26. The van der Waals surface area contributed by atoms with E-state index in [-0.39, 0.29) is 10.6 Å². The van der Waals surface area contributed by atoms with E-state index in [0.29, 0.717) is 11.0 Å². The zero-order chi connectivity index (χ0) is 14.5. The van der Waals surface area contributed by atoms with Gasteiger partial charge in [-0.1, -0.05) is 11.8 Å². The number of thioether (sulfide) groups is 1. The number of oxazole rings is 1. The van der Waals surface area contributed by atoms with Crippen LogP contribution in [0.3, 0.4) is 0 Å². The first-order chi connectivity index (χ1) is 9.60. The maximum absolute atomic E-state index is 10.8. The second kappa shape index (κ2) is 6.42. The summed E-state index contributed by atoms with van der Waals surface area (Å²) >= 11 is 1.41. The summed E-state index contributed by atoms with van der Waals surface area (Å²) in [7, 11) is 0. The average molecular weight is 293 g/mol. The summed E-state index contributed by atoms with van der Waals surface area (Å²) in [6.07, 6.45) is 1.58. The molecule has 1 N–H and O–H groups in total. The number of hydrogen-bond acceptors (Lipinski definition) is 6. The minimum atomic E-state index is -0.390. The Kier molecular flexibility index (Phi) is 4.62. The number of rotatable bonds is 6. The van der Waals surface area contributed by atoms with Crippen molar-refractivity contribution in [2.45, 2.75) is 24.8 Å². The molecule has 0 bridgehead atoms. The Morgan fingerprint density at radius 1 is 1.50 bits per heavy atom. The van der Waals surface area contributed by atoms with Gasteiger partial charge in [0.1, 0.15) is 6.26 Å². The third-order valence-corrected chi connectivity index (χ3v) is 3.51. The molecule has 0 aliphatic rings. The van der Waals surface area contributed by atoms with Gasteiger partial charge in [-0.2, -0.15) is 0 Å². The summed E-state index contributed by atoms with van der Waals surface area (Å²) in [5.74, 6) is 0.559. The van der Waals surface area contributed by atoms with Crippen molar-refractivity contribution < 1.29 is 9.34 Å². The van der Waals surface area contributed by atoms with Gasteiger partial charge in [-0.3, -0.25) is 10.1 Å². The fourth-order valence-corrected chi connectivity index (χ4v) is 2.56. The molecule has 1 aromatic carbocycles. The number of hydrogen-bond donors (Lipinski definition) is 1. The number of aromatic nitrogens is 1. The zero-order valence-electron chi connectivity index (χ0n) is 11.3. The summed E-state index contributed by atoms with van der Waals surface area (Å²) in [5, 5.41) is 14.6. The molecule has 0 aliphatic heterocycles. The maximum atomic E-state index is 10.8. The van der Waals surface area contributed by atoms with Gasteiger partial charge in [0.15, 0.2) is 0 Å². The Labute approximate surface area is 120 Å². The highest BCUT2D eigenvalue weighted by molar-refractivity contribution is 7.98. The van der Waals surface area contributed by atoms with E-state index >= 15 is 0 Å². The summed E-state index contributed by atoms with van der Waals surface area (Å²) in [4.78, 5) is 14.7. The molecular formula is C13H15N3O3S. The number of benzene rings is 1. The van der Waals surface area contributed by atoms with Crippen LogP contribution in [0.1, 0.15) is 18.2 Å². The highest BCUT2D eigenvalue weighted by Crippen LogP contribution is 2.29. The van der Waals surface area contributed by atoms with Crippen molar-refractivity contribution in [3.05, 3.63) is 45.8 Å². The van der Waals surface area contributed by atoms with E-state index in [4.69, 9.17) is 4.42 Å². The molecule has 1 heterocycles. The molecule has 0 radical (unpaired) electrons. The molecular weight excluding hydrogens is 278 g/mol. The van der Waals surface area contributed by atoms with Gasteiger partial charge in [0, 0.05) is 30.1 Å². The summed E-state index contributed by atoms with van der Waals surface area (Å²) in [6, 6.07) is 4.82. The Balaban J connectivity index is 2.18. The van der Waals surface area contributed by atoms with Gasteiger partial charge in [-0.05, 0) is 25.5 Å². The van der Waals surface area contributed by atoms with Gasteiger partial charge in [0.2, 0.25) is 0 Å². The molecule has 7 heteroatoms. The van der Waals surface area contributed by atoms with Crippen LogP contribution >= 0.6 is 11.8 Å². The second-order valence-electron chi connectivity index (χ2n) is 4.17. The van der Waals surface area contributed by atoms with Gasteiger partial charge >= 0.3 is 0 Å². The van der Waals surface area contributed by atoms with E-state index in [1.165, 1.54) is 17.8 Å². The van der Waals surface area contributed by atoms with Crippen LogP contribution in [0.5, 0.6) is 0 Å². The van der Waals surface area contributed by atoms with E-state index in [1.54, 1.807) is 18.4 Å². The molecule has 106 valence electrons. The topological polar surface area (TPSA) is 81.2 Å². The summed E-state index contributed by atoms with van der Waals surface area (Å²) in [6.45, 7) is 4.59. The van der Waals surface area contributed by atoms with Crippen molar-refractivity contribution in [3.8, 4) is 0 Å². The van der Waals surface area contributed by atoms with Crippen LogP contribution in [0.4, 0.5) is 11.4 Å². The fourth-order valence-electron chi connectivity index (χ4n) is 1.71. The Hall–Kier alpha value is -2.02. The molecule has 0 unspecified atom stereocenters. The Morgan fingerprint density at radius 2 is 2.30 bits per heavy atom. The lowest BCUT2D eigenvalue weighted by Gasteiger charge is -2.09. The molecule has 0 amide bonds. The largest absolute Gasteiger partial charge is 0.440 e. The quantitative estimate of drug-likeness (QED) is 0.497. The number of anilines is 1. The van der Waals surface area contributed by atoms with E-state index in [2.05, 4.69) is 10.3 Å². The van der Waals surface area contributed by atoms with Crippen LogP contribution < -0.4 is 5.32 Å². The van der Waals surface area contributed by atoms with Crippen molar-refractivity contribution in [2.75, 3.05) is 11.9 Å². The molecule has 0 atom stereocenters. The lowest BCUT2D eigenvalue weighted by molar-refractivity contribution is -0.384. The van der Waals surface area contributed by atoms with Crippen molar-refractivity contribution in [3.63, 3.8) is 0 Å². The van der Waals surface area contributed by atoms with Crippen LogP contribution in [-0.2, 0) is 5.75 Å². The number of non-ortho nitro benzene ring substituents is 1. The van der Waals surface area contributed by atoms with Gasteiger partial charge in [-0.25, -0.2) is 4.98 Å². The molecule has 2 rings (SSSR count). The molecule has 6 nitrogen and oxygen atoms in total. The number of nitrogens with one attached hydrogen (secondary N) is 1. The molecule has 1 aromatic heterocycles. The normalized spacial score (nSPS) is 10.5. The molecule has 2 aromatic rings. The monoisotopic (exact) mass is 293 g/mol. The molecule has 0 spiro atoms. The molecule has 20 heavy (non-hydrogen) atoms. The highest BCUT2D eigenvalue weighted by Gasteiger charge is 2.12. The Bertz CT molecular complexity index is 613. The fraction of sp³-hybridized carbons (Fsp3) is 0.308. The SMILES string of the molecule is CCNc1ccc([N+](=O)[O-])cc1CSc1nc(C)co1. The summed E-state index contributed by atoms with van der Waals surface area (Å²) in [5.41, 5.74) is 2.67. The predicted molar refractivity (Wildman–Crippen MR) is 78.1 cm³/mol. The Morgan fingerprint density at radius 3 is 2.90 bits per heavy atom. The van der Waals surface area contributed by atoms with Gasteiger partial charge in [0.05, 0.1) is 10.6 Å². The third-order valence-electron chi connectivity index (χ3n) is 2.62. The van der Waals surface area contributed by atoms with E-state index in [9.17, 15) is 10.1 Å².